The van der Waals surface area contributed by atoms with Gasteiger partial charge >= 0.3 is 5.97 Å². The number of aliphatic carboxylic acids is 1. The zero-order valence-corrected chi connectivity index (χ0v) is 15.3. The van der Waals surface area contributed by atoms with Gasteiger partial charge in [0.2, 0.25) is 0 Å². The van der Waals surface area contributed by atoms with E-state index in [2.05, 4.69) is 18.7 Å². The predicted molar refractivity (Wildman–Crippen MR) is 97.5 cm³/mol. The molecule has 0 amide bonds. The smallest absolute Gasteiger partial charge is 0.303 e. The van der Waals surface area contributed by atoms with Gasteiger partial charge in [0.1, 0.15) is 5.82 Å². The van der Waals surface area contributed by atoms with Crippen LogP contribution < -0.4 is 10.6 Å². The molecule has 2 rings (SSSR count). The Balaban J connectivity index is 2.33. The molecule has 1 aromatic carbocycles. The maximum atomic E-state index is 14.7. The summed E-state index contributed by atoms with van der Waals surface area (Å²) in [4.78, 5) is 13.1. The van der Waals surface area contributed by atoms with Crippen molar-refractivity contribution in [3.05, 3.63) is 23.5 Å². The molecule has 5 nitrogen and oxygen atoms in total. The molecule has 0 saturated carbocycles. The Morgan fingerprint density at radius 3 is 2.56 bits per heavy atom. The van der Waals surface area contributed by atoms with Gasteiger partial charge in [-0.25, -0.2) is 4.39 Å². The van der Waals surface area contributed by atoms with Crippen molar-refractivity contribution in [2.24, 2.45) is 5.92 Å². The van der Waals surface area contributed by atoms with Crippen LogP contribution in [-0.4, -0.2) is 36.9 Å². The van der Waals surface area contributed by atoms with E-state index in [4.69, 9.17) is 15.6 Å². The van der Waals surface area contributed by atoms with Crippen LogP contribution >= 0.6 is 0 Å². The molecule has 140 valence electrons. The molecule has 0 aliphatic carbocycles. The van der Waals surface area contributed by atoms with Crippen LogP contribution in [0.2, 0.25) is 0 Å². The fraction of sp³-hybridized carbons (Fsp3) is 0.632. The molecule has 1 aliphatic rings. The molecule has 1 unspecified atom stereocenters. The number of rotatable bonds is 7. The Kier molecular flexibility index (Phi) is 6.64. The van der Waals surface area contributed by atoms with Crippen molar-refractivity contribution in [1.29, 1.82) is 0 Å². The Morgan fingerprint density at radius 1 is 1.36 bits per heavy atom. The standard InChI is InChI=1S/C19H29FN2O3/c1-12(2)11-22(14-4-6-25-7-5-14)18-10-16(20)15(9-17(18)21)13(3)8-19(23)24/h9-10,12-14H,4-8,11,21H2,1-3H3,(H,23,24). The Hall–Kier alpha value is -1.82. The number of carbonyl (C=O) groups is 1. The zero-order valence-electron chi connectivity index (χ0n) is 15.3. The van der Waals surface area contributed by atoms with Gasteiger partial charge in [0.05, 0.1) is 17.8 Å². The summed E-state index contributed by atoms with van der Waals surface area (Å²) in [5, 5.41) is 8.94. The third-order valence-electron chi connectivity index (χ3n) is 4.66. The van der Waals surface area contributed by atoms with E-state index in [-0.39, 0.29) is 12.5 Å². The van der Waals surface area contributed by atoms with Crippen molar-refractivity contribution in [3.63, 3.8) is 0 Å². The molecule has 1 heterocycles. The zero-order chi connectivity index (χ0) is 18.6. The summed E-state index contributed by atoms with van der Waals surface area (Å²) in [5.74, 6) is -1.34. The van der Waals surface area contributed by atoms with E-state index < -0.39 is 17.7 Å². The van der Waals surface area contributed by atoms with E-state index in [0.717, 1.165) is 19.4 Å². The fourth-order valence-electron chi connectivity index (χ4n) is 3.43. The first-order chi connectivity index (χ1) is 11.8. The number of carboxylic acid groups (broad SMARTS) is 1. The van der Waals surface area contributed by atoms with Crippen molar-refractivity contribution in [2.75, 3.05) is 30.4 Å². The lowest BCUT2D eigenvalue weighted by molar-refractivity contribution is -0.137. The summed E-state index contributed by atoms with van der Waals surface area (Å²) in [6, 6.07) is 3.35. The number of benzene rings is 1. The first kappa shape index (κ1) is 19.5. The van der Waals surface area contributed by atoms with Gasteiger partial charge < -0.3 is 20.5 Å². The molecule has 1 aliphatic heterocycles. The SMILES string of the molecule is CC(C)CN(c1cc(F)c(C(C)CC(=O)O)cc1N)C1CCOCC1. The number of hydrogen-bond acceptors (Lipinski definition) is 4. The summed E-state index contributed by atoms with van der Waals surface area (Å²) in [5.41, 5.74) is 7.82. The second-order valence-corrected chi connectivity index (χ2v) is 7.32. The molecule has 6 heteroatoms. The Labute approximate surface area is 149 Å². The van der Waals surface area contributed by atoms with E-state index in [1.54, 1.807) is 13.0 Å². The van der Waals surface area contributed by atoms with Gasteiger partial charge in [0.15, 0.2) is 0 Å². The van der Waals surface area contributed by atoms with Crippen molar-refractivity contribution >= 4 is 17.3 Å². The van der Waals surface area contributed by atoms with Gasteiger partial charge in [-0.05, 0) is 42.4 Å². The summed E-state index contributed by atoms with van der Waals surface area (Å²) >= 11 is 0. The molecule has 0 bridgehead atoms. The van der Waals surface area contributed by atoms with Gasteiger partial charge in [0.25, 0.3) is 0 Å². The van der Waals surface area contributed by atoms with Crippen LogP contribution in [-0.2, 0) is 9.53 Å². The summed E-state index contributed by atoms with van der Waals surface area (Å²) in [6.07, 6.45) is 1.67. The van der Waals surface area contributed by atoms with Gasteiger partial charge in [-0.1, -0.05) is 20.8 Å². The maximum Gasteiger partial charge on any atom is 0.303 e. The van der Waals surface area contributed by atoms with Crippen LogP contribution in [0.4, 0.5) is 15.8 Å². The molecule has 0 radical (unpaired) electrons. The van der Waals surface area contributed by atoms with Crippen molar-refractivity contribution in [3.8, 4) is 0 Å². The van der Waals surface area contributed by atoms with Gasteiger partial charge in [-0.15, -0.1) is 0 Å². The topological polar surface area (TPSA) is 75.8 Å². The number of ether oxygens (including phenoxy) is 1. The van der Waals surface area contributed by atoms with Crippen molar-refractivity contribution in [1.82, 2.24) is 0 Å². The highest BCUT2D eigenvalue weighted by Gasteiger charge is 2.26. The van der Waals surface area contributed by atoms with Gasteiger partial charge in [-0.2, -0.15) is 0 Å². The quantitative estimate of drug-likeness (QED) is 0.733. The molecule has 1 saturated heterocycles. The number of nitrogens with two attached hydrogens (primary N) is 1. The normalized spacial score (nSPS) is 16.8. The summed E-state index contributed by atoms with van der Waals surface area (Å²) in [6.45, 7) is 8.16. The molecule has 25 heavy (non-hydrogen) atoms. The lowest BCUT2D eigenvalue weighted by Gasteiger charge is -2.38. The van der Waals surface area contributed by atoms with E-state index in [1.165, 1.54) is 6.07 Å². The minimum Gasteiger partial charge on any atom is -0.481 e. The number of halogens is 1. The number of anilines is 2. The maximum absolute atomic E-state index is 14.7. The second-order valence-electron chi connectivity index (χ2n) is 7.32. The van der Waals surface area contributed by atoms with Gasteiger partial charge in [0, 0.05) is 25.8 Å². The highest BCUT2D eigenvalue weighted by atomic mass is 19.1. The highest BCUT2D eigenvalue weighted by molar-refractivity contribution is 5.71. The fourth-order valence-corrected chi connectivity index (χ4v) is 3.43. The highest BCUT2D eigenvalue weighted by Crippen LogP contribution is 2.34. The van der Waals surface area contributed by atoms with Crippen LogP contribution in [0.15, 0.2) is 12.1 Å². The Bertz CT molecular complexity index is 601. The monoisotopic (exact) mass is 352 g/mol. The second kappa shape index (κ2) is 8.52. The van der Waals surface area contributed by atoms with Gasteiger partial charge in [-0.3, -0.25) is 4.79 Å². The van der Waals surface area contributed by atoms with E-state index in [1.807, 2.05) is 0 Å². The molecular formula is C19H29FN2O3. The van der Waals surface area contributed by atoms with Crippen molar-refractivity contribution in [2.45, 2.75) is 52.0 Å². The lowest BCUT2D eigenvalue weighted by Crippen LogP contribution is -2.42. The predicted octanol–water partition coefficient (Wildman–Crippen LogP) is 3.63. The van der Waals surface area contributed by atoms with Crippen LogP contribution in [0.25, 0.3) is 0 Å². The number of hydrogen-bond donors (Lipinski definition) is 2. The van der Waals surface area contributed by atoms with Crippen LogP contribution in [0.3, 0.4) is 0 Å². The number of nitrogen functional groups attached to an aromatic ring is 1. The minimum absolute atomic E-state index is 0.120. The largest absolute Gasteiger partial charge is 0.481 e. The molecule has 0 spiro atoms. The summed E-state index contributed by atoms with van der Waals surface area (Å²) < 4.78 is 20.1. The third-order valence-corrected chi connectivity index (χ3v) is 4.66. The molecule has 3 N–H and O–H groups in total. The summed E-state index contributed by atoms with van der Waals surface area (Å²) in [7, 11) is 0. The first-order valence-electron chi connectivity index (χ1n) is 8.94. The Morgan fingerprint density at radius 2 is 2.00 bits per heavy atom. The molecule has 1 atom stereocenters. The van der Waals surface area contributed by atoms with Crippen molar-refractivity contribution < 1.29 is 19.0 Å². The van der Waals surface area contributed by atoms with Crippen LogP contribution in [0.1, 0.15) is 51.5 Å². The van der Waals surface area contributed by atoms with E-state index in [9.17, 15) is 9.18 Å². The average Bonchev–Trinajstić information content (AvgIpc) is 2.54. The van der Waals surface area contributed by atoms with E-state index >= 15 is 0 Å². The molecular weight excluding hydrogens is 323 g/mol. The molecule has 0 aromatic heterocycles. The third kappa shape index (κ3) is 5.08. The lowest BCUT2D eigenvalue weighted by atomic mass is 9.95. The molecule has 1 fully saturated rings. The van der Waals surface area contributed by atoms with Crippen LogP contribution in [0, 0.1) is 11.7 Å². The number of carboxylic acids is 1. The minimum atomic E-state index is -0.946. The average molecular weight is 352 g/mol. The van der Waals surface area contributed by atoms with E-state index in [0.29, 0.717) is 36.1 Å². The molecule has 1 aromatic rings. The van der Waals surface area contributed by atoms with Crippen LogP contribution in [0.5, 0.6) is 0 Å². The number of nitrogens with zero attached hydrogens (tertiary/aromatic N) is 1. The first-order valence-corrected chi connectivity index (χ1v) is 8.94.